The molecule has 1 aromatic carbocycles. The first-order valence-electron chi connectivity index (χ1n) is 6.00. The van der Waals surface area contributed by atoms with Crippen molar-refractivity contribution in [2.45, 2.75) is 27.7 Å². The number of amides is 1. The Kier molecular flexibility index (Phi) is 4.87. The fourth-order valence-corrected chi connectivity index (χ4v) is 2.01. The summed E-state index contributed by atoms with van der Waals surface area (Å²) >= 11 is 0. The minimum Gasteiger partial charge on any atom is -0.464 e. The number of ether oxygens (including phenoxy) is 1. The molecule has 0 heterocycles. The molecule has 1 amide bonds. The van der Waals surface area contributed by atoms with E-state index in [2.05, 4.69) is 10.1 Å². The SMILES string of the molecule is COC(=O)/C(=C/c1c(C)cc(C)cc1C)NC(C)=O. The lowest BCUT2D eigenvalue weighted by atomic mass is 9.99. The van der Waals surface area contributed by atoms with Crippen LogP contribution in [0, 0.1) is 20.8 Å². The van der Waals surface area contributed by atoms with Crippen molar-refractivity contribution in [3.05, 3.63) is 40.1 Å². The smallest absolute Gasteiger partial charge is 0.354 e. The van der Waals surface area contributed by atoms with Crippen LogP contribution in [0.4, 0.5) is 0 Å². The summed E-state index contributed by atoms with van der Waals surface area (Å²) in [5.74, 6) is -0.867. The second-order valence-corrected chi connectivity index (χ2v) is 4.54. The van der Waals surface area contributed by atoms with Crippen molar-refractivity contribution < 1.29 is 14.3 Å². The molecule has 0 radical (unpaired) electrons. The van der Waals surface area contributed by atoms with E-state index in [1.807, 2.05) is 32.9 Å². The van der Waals surface area contributed by atoms with Crippen LogP contribution in [0.5, 0.6) is 0 Å². The molecule has 1 rings (SSSR count). The first-order chi connectivity index (χ1) is 8.85. The van der Waals surface area contributed by atoms with Gasteiger partial charge in [-0.05, 0) is 43.5 Å². The van der Waals surface area contributed by atoms with E-state index in [1.54, 1.807) is 6.08 Å². The van der Waals surface area contributed by atoms with E-state index in [0.29, 0.717) is 0 Å². The third-order valence-corrected chi connectivity index (χ3v) is 2.74. The van der Waals surface area contributed by atoms with Crippen molar-refractivity contribution in [3.8, 4) is 0 Å². The van der Waals surface area contributed by atoms with Gasteiger partial charge in [0.15, 0.2) is 0 Å². The Balaban J connectivity index is 3.29. The summed E-state index contributed by atoms with van der Waals surface area (Å²) in [5.41, 5.74) is 4.31. The molecule has 0 atom stereocenters. The van der Waals surface area contributed by atoms with Crippen molar-refractivity contribution in [2.24, 2.45) is 0 Å². The highest BCUT2D eigenvalue weighted by Gasteiger charge is 2.12. The van der Waals surface area contributed by atoms with E-state index in [4.69, 9.17) is 0 Å². The fraction of sp³-hybridized carbons (Fsp3) is 0.333. The van der Waals surface area contributed by atoms with Gasteiger partial charge in [0.25, 0.3) is 0 Å². The standard InChI is InChI=1S/C15H19NO3/c1-9-6-10(2)13(11(3)7-9)8-14(15(18)19-5)16-12(4)17/h6-8H,1-5H3,(H,16,17)/b14-8-. The van der Waals surface area contributed by atoms with Gasteiger partial charge in [-0.3, -0.25) is 4.79 Å². The molecular formula is C15H19NO3. The van der Waals surface area contributed by atoms with Crippen LogP contribution in [-0.4, -0.2) is 19.0 Å². The normalized spacial score (nSPS) is 11.1. The zero-order valence-corrected chi connectivity index (χ0v) is 12.0. The van der Waals surface area contributed by atoms with Gasteiger partial charge < -0.3 is 10.1 Å². The van der Waals surface area contributed by atoms with Crippen molar-refractivity contribution >= 4 is 18.0 Å². The molecule has 0 unspecified atom stereocenters. The molecule has 4 nitrogen and oxygen atoms in total. The maximum Gasteiger partial charge on any atom is 0.354 e. The number of hydrogen-bond acceptors (Lipinski definition) is 3. The van der Waals surface area contributed by atoms with E-state index in [9.17, 15) is 9.59 Å². The zero-order valence-electron chi connectivity index (χ0n) is 12.0. The van der Waals surface area contributed by atoms with Crippen molar-refractivity contribution in [3.63, 3.8) is 0 Å². The molecule has 102 valence electrons. The molecule has 0 aromatic heterocycles. The molecule has 4 heteroatoms. The second kappa shape index (κ2) is 6.18. The highest BCUT2D eigenvalue weighted by molar-refractivity contribution is 5.97. The Morgan fingerprint density at radius 1 is 1.16 bits per heavy atom. The predicted molar refractivity (Wildman–Crippen MR) is 74.5 cm³/mol. The molecule has 0 spiro atoms. The molecule has 0 fully saturated rings. The average molecular weight is 261 g/mol. The van der Waals surface area contributed by atoms with E-state index in [1.165, 1.54) is 14.0 Å². The van der Waals surface area contributed by atoms with Crippen LogP contribution in [0.15, 0.2) is 17.8 Å². The van der Waals surface area contributed by atoms with Crippen LogP contribution in [0.2, 0.25) is 0 Å². The van der Waals surface area contributed by atoms with Crippen LogP contribution >= 0.6 is 0 Å². The van der Waals surface area contributed by atoms with Gasteiger partial charge in [-0.15, -0.1) is 0 Å². The van der Waals surface area contributed by atoms with Crippen molar-refractivity contribution in [1.82, 2.24) is 5.32 Å². The number of carbonyl (C=O) groups is 2. The molecule has 0 saturated heterocycles. The number of aryl methyl sites for hydroxylation is 3. The van der Waals surface area contributed by atoms with E-state index in [-0.39, 0.29) is 11.6 Å². The van der Waals surface area contributed by atoms with Gasteiger partial charge in [0, 0.05) is 6.92 Å². The number of esters is 1. The van der Waals surface area contributed by atoms with Gasteiger partial charge in [0.05, 0.1) is 7.11 Å². The number of rotatable bonds is 3. The molecular weight excluding hydrogens is 242 g/mol. The highest BCUT2D eigenvalue weighted by Crippen LogP contribution is 2.19. The molecule has 0 aliphatic rings. The van der Waals surface area contributed by atoms with Crippen molar-refractivity contribution in [1.29, 1.82) is 0 Å². The molecule has 1 N–H and O–H groups in total. The maximum absolute atomic E-state index is 11.6. The highest BCUT2D eigenvalue weighted by atomic mass is 16.5. The molecule has 0 saturated carbocycles. The van der Waals surface area contributed by atoms with Crippen molar-refractivity contribution in [2.75, 3.05) is 7.11 Å². The van der Waals surface area contributed by atoms with Crippen LogP contribution in [0.1, 0.15) is 29.2 Å². The van der Waals surface area contributed by atoms with E-state index >= 15 is 0 Å². The maximum atomic E-state index is 11.6. The van der Waals surface area contributed by atoms with Gasteiger partial charge in [-0.2, -0.15) is 0 Å². The topological polar surface area (TPSA) is 55.4 Å². The Labute approximate surface area is 113 Å². The lowest BCUT2D eigenvalue weighted by molar-refractivity contribution is -0.137. The van der Waals surface area contributed by atoms with Gasteiger partial charge in [0.1, 0.15) is 5.70 Å². The molecule has 19 heavy (non-hydrogen) atoms. The first kappa shape index (κ1) is 15.0. The summed E-state index contributed by atoms with van der Waals surface area (Å²) in [6.07, 6.45) is 1.65. The predicted octanol–water partition coefficient (Wildman–Crippen LogP) is 2.26. The summed E-state index contributed by atoms with van der Waals surface area (Å²) in [7, 11) is 1.28. The molecule has 1 aromatic rings. The Bertz CT molecular complexity index is 521. The van der Waals surface area contributed by atoms with E-state index < -0.39 is 5.97 Å². The third kappa shape index (κ3) is 3.95. The number of benzene rings is 1. The minimum absolute atomic E-state index is 0.144. The second-order valence-electron chi connectivity index (χ2n) is 4.54. The summed E-state index contributed by atoms with van der Waals surface area (Å²) in [6, 6.07) is 4.06. The van der Waals surface area contributed by atoms with Gasteiger partial charge in [-0.25, -0.2) is 4.79 Å². The number of nitrogens with one attached hydrogen (secondary N) is 1. The van der Waals surface area contributed by atoms with Crippen LogP contribution in [0.3, 0.4) is 0 Å². The lowest BCUT2D eigenvalue weighted by Crippen LogP contribution is -2.25. The lowest BCUT2D eigenvalue weighted by Gasteiger charge is -2.10. The number of carbonyl (C=O) groups excluding carboxylic acids is 2. The van der Waals surface area contributed by atoms with Gasteiger partial charge >= 0.3 is 5.97 Å². The van der Waals surface area contributed by atoms with Gasteiger partial charge in [0.2, 0.25) is 5.91 Å². The monoisotopic (exact) mass is 261 g/mol. The number of methoxy groups -OCH3 is 1. The number of hydrogen-bond donors (Lipinski definition) is 1. The Hall–Kier alpha value is -2.10. The first-order valence-corrected chi connectivity index (χ1v) is 6.00. The fourth-order valence-electron chi connectivity index (χ4n) is 2.01. The summed E-state index contributed by atoms with van der Waals surface area (Å²) in [5, 5.41) is 2.50. The summed E-state index contributed by atoms with van der Waals surface area (Å²) in [6.45, 7) is 7.30. The Morgan fingerprint density at radius 3 is 2.11 bits per heavy atom. The molecule has 0 aliphatic carbocycles. The van der Waals surface area contributed by atoms with Crippen LogP contribution in [-0.2, 0) is 14.3 Å². The largest absolute Gasteiger partial charge is 0.464 e. The van der Waals surface area contributed by atoms with Gasteiger partial charge in [-0.1, -0.05) is 17.7 Å². The third-order valence-electron chi connectivity index (χ3n) is 2.74. The quantitative estimate of drug-likeness (QED) is 0.670. The minimum atomic E-state index is -0.561. The van der Waals surface area contributed by atoms with Crippen LogP contribution < -0.4 is 5.32 Å². The zero-order chi connectivity index (χ0) is 14.6. The average Bonchev–Trinajstić information content (AvgIpc) is 2.30. The molecule has 0 bridgehead atoms. The molecule has 0 aliphatic heterocycles. The Morgan fingerprint density at radius 2 is 1.68 bits per heavy atom. The van der Waals surface area contributed by atoms with E-state index in [0.717, 1.165) is 22.3 Å². The summed E-state index contributed by atoms with van der Waals surface area (Å²) < 4.78 is 4.67. The summed E-state index contributed by atoms with van der Waals surface area (Å²) in [4.78, 5) is 22.8. The van der Waals surface area contributed by atoms with Crippen LogP contribution in [0.25, 0.3) is 6.08 Å².